The number of hydrogen-bond acceptors (Lipinski definition) is 5. The number of hydrogen-bond donors (Lipinski definition) is 1. The molecule has 3 rings (SSSR count). The molecule has 0 saturated carbocycles. The van der Waals surface area contributed by atoms with Crippen LogP contribution in [0.5, 0.6) is 0 Å². The van der Waals surface area contributed by atoms with E-state index < -0.39 is 23.4 Å². The summed E-state index contributed by atoms with van der Waals surface area (Å²) in [4.78, 5) is 21.1. The molecule has 0 radical (unpaired) electrons. The van der Waals surface area contributed by atoms with E-state index in [1.165, 1.54) is 12.1 Å². The average molecular weight is 395 g/mol. The highest BCUT2D eigenvalue weighted by Crippen LogP contribution is 2.32. The highest BCUT2D eigenvalue weighted by molar-refractivity contribution is 7.21. The Bertz CT molecular complexity index is 976. The van der Waals surface area contributed by atoms with E-state index in [4.69, 9.17) is 4.74 Å². The Balaban J connectivity index is 1.82. The Morgan fingerprint density at radius 3 is 2.30 bits per heavy atom. The second kappa shape index (κ2) is 6.80. The molecule has 1 N–H and O–H groups in total. The van der Waals surface area contributed by atoms with E-state index in [-0.39, 0.29) is 0 Å². The number of carbonyl (C=O) groups is 1. The lowest BCUT2D eigenvalue weighted by molar-refractivity contribution is -0.137. The van der Waals surface area contributed by atoms with Crippen molar-refractivity contribution in [3.8, 4) is 11.3 Å². The summed E-state index contributed by atoms with van der Waals surface area (Å²) >= 11 is 1.15. The third-order valence-corrected chi connectivity index (χ3v) is 4.25. The van der Waals surface area contributed by atoms with Gasteiger partial charge in [0.2, 0.25) is 0 Å². The van der Waals surface area contributed by atoms with Crippen molar-refractivity contribution >= 4 is 32.9 Å². The first kappa shape index (κ1) is 19.1. The summed E-state index contributed by atoms with van der Waals surface area (Å²) in [5, 5.41) is 2.88. The number of ether oxygens (including phenoxy) is 1. The summed E-state index contributed by atoms with van der Waals surface area (Å²) in [5.41, 5.74) is 0.300. The van der Waals surface area contributed by atoms with Crippen LogP contribution in [0.2, 0.25) is 0 Å². The normalized spacial score (nSPS) is 12.2. The molecule has 2 aromatic heterocycles. The molecule has 0 aliphatic heterocycles. The summed E-state index contributed by atoms with van der Waals surface area (Å²) in [7, 11) is 0. The maximum absolute atomic E-state index is 12.7. The molecule has 142 valence electrons. The standard InChI is InChI=1S/C18H16F3N3O2S/c1-17(2,3)26-16(25)24-15-23-13-9-8-12(22-14(13)27-15)10-4-6-11(7-5-10)18(19,20)21/h4-9H,1-3H3,(H,23,24,25). The number of alkyl halides is 3. The molecule has 1 aromatic carbocycles. The van der Waals surface area contributed by atoms with Crippen molar-refractivity contribution in [1.82, 2.24) is 9.97 Å². The largest absolute Gasteiger partial charge is 0.444 e. The van der Waals surface area contributed by atoms with Crippen LogP contribution in [0, 0.1) is 0 Å². The third kappa shape index (κ3) is 4.73. The van der Waals surface area contributed by atoms with E-state index in [1.807, 2.05) is 0 Å². The summed E-state index contributed by atoms with van der Waals surface area (Å²) < 4.78 is 43.2. The topological polar surface area (TPSA) is 64.1 Å². The number of nitrogens with zero attached hydrogens (tertiary/aromatic N) is 2. The first-order valence-electron chi connectivity index (χ1n) is 7.96. The quantitative estimate of drug-likeness (QED) is 0.602. The number of rotatable bonds is 2. The van der Waals surface area contributed by atoms with Crippen molar-refractivity contribution in [3.05, 3.63) is 42.0 Å². The van der Waals surface area contributed by atoms with Gasteiger partial charge in [-0.2, -0.15) is 13.2 Å². The molecule has 1 amide bonds. The number of benzene rings is 1. The minimum atomic E-state index is -4.38. The Morgan fingerprint density at radius 2 is 1.70 bits per heavy atom. The van der Waals surface area contributed by atoms with Crippen molar-refractivity contribution in [3.63, 3.8) is 0 Å². The molecule has 0 aliphatic carbocycles. The van der Waals surface area contributed by atoms with E-state index in [2.05, 4.69) is 15.3 Å². The molecule has 0 spiro atoms. The van der Waals surface area contributed by atoms with Gasteiger partial charge in [-0.15, -0.1) is 0 Å². The molecular formula is C18H16F3N3O2S. The van der Waals surface area contributed by atoms with Gasteiger partial charge in [0, 0.05) is 5.56 Å². The van der Waals surface area contributed by atoms with Gasteiger partial charge in [-0.1, -0.05) is 23.5 Å². The van der Waals surface area contributed by atoms with Crippen molar-refractivity contribution < 1.29 is 22.7 Å². The summed E-state index contributed by atoms with van der Waals surface area (Å²) in [6.45, 7) is 5.26. The summed E-state index contributed by atoms with van der Waals surface area (Å²) in [6, 6.07) is 8.15. The zero-order valence-corrected chi connectivity index (χ0v) is 15.5. The zero-order chi connectivity index (χ0) is 19.8. The van der Waals surface area contributed by atoms with Crippen LogP contribution in [0.25, 0.3) is 21.6 Å². The Labute approximate surface area is 157 Å². The van der Waals surface area contributed by atoms with Crippen molar-refractivity contribution in [2.45, 2.75) is 32.5 Å². The van der Waals surface area contributed by atoms with Crippen LogP contribution in [0.15, 0.2) is 36.4 Å². The van der Waals surface area contributed by atoms with Gasteiger partial charge in [0.05, 0.1) is 11.3 Å². The molecule has 0 bridgehead atoms. The van der Waals surface area contributed by atoms with Gasteiger partial charge in [-0.25, -0.2) is 14.8 Å². The molecule has 0 atom stereocenters. The molecule has 0 saturated heterocycles. The lowest BCUT2D eigenvalue weighted by atomic mass is 10.1. The molecule has 5 nitrogen and oxygen atoms in total. The predicted molar refractivity (Wildman–Crippen MR) is 97.7 cm³/mol. The second-order valence-corrected chi connectivity index (χ2v) is 7.72. The lowest BCUT2D eigenvalue weighted by Gasteiger charge is -2.18. The number of halogens is 3. The molecule has 2 heterocycles. The molecule has 3 aromatic rings. The number of anilines is 1. The van der Waals surface area contributed by atoms with Gasteiger partial charge >= 0.3 is 12.3 Å². The molecule has 0 aliphatic rings. The van der Waals surface area contributed by atoms with Crippen molar-refractivity contribution in [2.75, 3.05) is 5.32 Å². The van der Waals surface area contributed by atoms with Gasteiger partial charge in [-0.3, -0.25) is 5.32 Å². The number of fused-ring (bicyclic) bond motifs is 1. The Kier molecular flexibility index (Phi) is 4.81. The minimum Gasteiger partial charge on any atom is -0.444 e. The smallest absolute Gasteiger partial charge is 0.416 e. The minimum absolute atomic E-state index is 0.330. The SMILES string of the molecule is CC(C)(C)OC(=O)Nc1nc2ccc(-c3ccc(C(F)(F)F)cc3)nc2s1. The molecule has 0 unspecified atom stereocenters. The van der Waals surface area contributed by atoms with E-state index in [0.717, 1.165) is 23.5 Å². The van der Waals surface area contributed by atoms with E-state index in [9.17, 15) is 18.0 Å². The summed E-state index contributed by atoms with van der Waals surface area (Å²) in [5.74, 6) is 0. The number of amides is 1. The molecule has 0 fully saturated rings. The van der Waals surface area contributed by atoms with E-state index in [0.29, 0.717) is 26.7 Å². The van der Waals surface area contributed by atoms with Crippen LogP contribution in [-0.4, -0.2) is 21.7 Å². The number of aromatic nitrogens is 2. The third-order valence-electron chi connectivity index (χ3n) is 3.37. The zero-order valence-electron chi connectivity index (χ0n) is 14.7. The molecule has 27 heavy (non-hydrogen) atoms. The van der Waals surface area contributed by atoms with Crippen molar-refractivity contribution in [2.24, 2.45) is 0 Å². The monoisotopic (exact) mass is 395 g/mol. The highest BCUT2D eigenvalue weighted by atomic mass is 32.1. The van der Waals surface area contributed by atoms with Gasteiger partial charge in [0.15, 0.2) is 5.13 Å². The van der Waals surface area contributed by atoms with E-state index >= 15 is 0 Å². The van der Waals surface area contributed by atoms with Crippen LogP contribution in [0.1, 0.15) is 26.3 Å². The van der Waals surface area contributed by atoms with Gasteiger partial charge in [0.1, 0.15) is 15.9 Å². The maximum Gasteiger partial charge on any atom is 0.416 e. The Hall–Kier alpha value is -2.68. The van der Waals surface area contributed by atoms with E-state index in [1.54, 1.807) is 32.9 Å². The van der Waals surface area contributed by atoms with Gasteiger partial charge < -0.3 is 4.74 Å². The average Bonchev–Trinajstić information content (AvgIpc) is 2.93. The van der Waals surface area contributed by atoms with Crippen LogP contribution in [0.4, 0.5) is 23.1 Å². The maximum atomic E-state index is 12.7. The second-order valence-electron chi connectivity index (χ2n) is 6.74. The molecule has 9 heteroatoms. The molecular weight excluding hydrogens is 379 g/mol. The highest BCUT2D eigenvalue weighted by Gasteiger charge is 2.30. The summed E-state index contributed by atoms with van der Waals surface area (Å²) in [6.07, 6.45) is -5.00. The predicted octanol–water partition coefficient (Wildman–Crippen LogP) is 5.72. The fraction of sp³-hybridized carbons (Fsp3) is 0.278. The number of carbonyl (C=O) groups excluding carboxylic acids is 1. The Morgan fingerprint density at radius 1 is 1.04 bits per heavy atom. The van der Waals surface area contributed by atoms with Crippen LogP contribution < -0.4 is 5.32 Å². The number of thiazole rings is 1. The first-order valence-corrected chi connectivity index (χ1v) is 8.78. The van der Waals surface area contributed by atoms with Crippen LogP contribution in [-0.2, 0) is 10.9 Å². The number of nitrogens with one attached hydrogen (secondary N) is 1. The first-order chi connectivity index (χ1) is 12.5. The number of pyridine rings is 1. The fourth-order valence-corrected chi connectivity index (χ4v) is 3.08. The van der Waals surface area contributed by atoms with Crippen molar-refractivity contribution in [1.29, 1.82) is 0 Å². The van der Waals surface area contributed by atoms with Crippen LogP contribution in [0.3, 0.4) is 0 Å². The van der Waals surface area contributed by atoms with Gasteiger partial charge in [0.25, 0.3) is 0 Å². The lowest BCUT2D eigenvalue weighted by Crippen LogP contribution is -2.27. The van der Waals surface area contributed by atoms with Crippen LogP contribution >= 0.6 is 11.3 Å². The fourth-order valence-electron chi connectivity index (χ4n) is 2.25. The van der Waals surface area contributed by atoms with Gasteiger partial charge in [-0.05, 0) is 45.0 Å².